The van der Waals surface area contributed by atoms with E-state index in [2.05, 4.69) is 36.4 Å². The minimum atomic E-state index is -0.748. The highest BCUT2D eigenvalue weighted by Gasteiger charge is 2.26. The molecular weight excluding hydrogens is 396 g/mol. The van der Waals surface area contributed by atoms with Gasteiger partial charge in [0, 0.05) is 10.6 Å². The van der Waals surface area contributed by atoms with Gasteiger partial charge in [0.15, 0.2) is 4.83 Å². The van der Waals surface area contributed by atoms with Crippen molar-refractivity contribution in [2.75, 3.05) is 5.32 Å². The maximum Gasteiger partial charge on any atom is 0.279 e. The van der Waals surface area contributed by atoms with E-state index < -0.39 is 6.04 Å². The summed E-state index contributed by atoms with van der Waals surface area (Å²) in [6.07, 6.45) is 4.59. The maximum atomic E-state index is 13.3. The number of carbonyl (C=O) groups excluding carboxylic acids is 1. The summed E-state index contributed by atoms with van der Waals surface area (Å²) in [6, 6.07) is 5.31. The van der Waals surface area contributed by atoms with Crippen molar-refractivity contribution in [1.29, 1.82) is 0 Å². The van der Waals surface area contributed by atoms with E-state index in [1.807, 2.05) is 18.2 Å². The fourth-order valence-electron chi connectivity index (χ4n) is 4.27. The second-order valence-corrected chi connectivity index (χ2v) is 9.28. The first kappa shape index (κ1) is 20.7. The van der Waals surface area contributed by atoms with Gasteiger partial charge in [-0.1, -0.05) is 44.2 Å². The van der Waals surface area contributed by atoms with Gasteiger partial charge in [-0.15, -0.1) is 16.4 Å². The number of carbonyl (C=O) groups is 1. The molecule has 0 saturated heterocycles. The number of hydrogen-bond donors (Lipinski definition) is 1. The van der Waals surface area contributed by atoms with E-state index in [0.717, 1.165) is 54.5 Å². The monoisotopic (exact) mass is 424 g/mol. The summed E-state index contributed by atoms with van der Waals surface area (Å²) < 4.78 is 1.24. The molecule has 1 aliphatic rings. The Morgan fingerprint density at radius 1 is 1.30 bits per heavy atom. The van der Waals surface area contributed by atoms with Crippen molar-refractivity contribution in [3.63, 3.8) is 0 Å². The lowest BCUT2D eigenvalue weighted by Crippen LogP contribution is -2.34. The molecule has 0 saturated carbocycles. The smallest absolute Gasteiger partial charge is 0.279 e. The first-order valence-corrected chi connectivity index (χ1v) is 11.6. The van der Waals surface area contributed by atoms with Crippen molar-refractivity contribution < 1.29 is 4.79 Å². The lowest BCUT2D eigenvalue weighted by atomic mass is 9.89. The minimum Gasteiger partial charge on any atom is -0.324 e. The highest BCUT2D eigenvalue weighted by molar-refractivity contribution is 7.18. The van der Waals surface area contributed by atoms with E-state index in [1.54, 1.807) is 18.3 Å². The molecule has 0 fully saturated rings. The summed E-state index contributed by atoms with van der Waals surface area (Å²) in [6.45, 7) is 8.08. The average molecular weight is 425 g/mol. The van der Waals surface area contributed by atoms with Crippen LogP contribution in [0.2, 0.25) is 0 Å². The lowest BCUT2D eigenvalue weighted by molar-refractivity contribution is -0.119. The molecule has 1 aliphatic carbocycles. The largest absolute Gasteiger partial charge is 0.324 e. The molecule has 0 aliphatic heterocycles. The van der Waals surface area contributed by atoms with Gasteiger partial charge in [-0.2, -0.15) is 4.68 Å². The van der Waals surface area contributed by atoms with Crippen LogP contribution in [-0.4, -0.2) is 20.9 Å². The molecule has 1 N–H and O–H groups in total. The number of hydrogen-bond acceptors (Lipinski definition) is 5. The normalized spacial score (nSPS) is 17.0. The number of nitrogens with zero attached hydrogens (tertiary/aromatic N) is 3. The molecule has 158 valence electrons. The number of aromatic nitrogens is 3. The summed E-state index contributed by atoms with van der Waals surface area (Å²) >= 11 is 1.57. The van der Waals surface area contributed by atoms with Crippen LogP contribution in [0.25, 0.3) is 10.2 Å². The molecule has 1 aromatic carbocycles. The van der Waals surface area contributed by atoms with Crippen molar-refractivity contribution in [2.45, 2.75) is 65.8 Å². The van der Waals surface area contributed by atoms with Gasteiger partial charge < -0.3 is 5.32 Å². The van der Waals surface area contributed by atoms with Gasteiger partial charge in [0.05, 0.1) is 5.39 Å². The van der Waals surface area contributed by atoms with Crippen LogP contribution in [0.3, 0.4) is 0 Å². The molecule has 6 nitrogen and oxygen atoms in total. The Morgan fingerprint density at radius 3 is 2.67 bits per heavy atom. The van der Waals surface area contributed by atoms with Gasteiger partial charge in [-0.3, -0.25) is 9.59 Å². The van der Waals surface area contributed by atoms with Crippen LogP contribution < -0.4 is 10.9 Å². The Morgan fingerprint density at radius 2 is 2.00 bits per heavy atom. The molecule has 2 heterocycles. The molecule has 0 unspecified atom stereocenters. The molecule has 2 atom stereocenters. The number of fused-ring (bicyclic) bond motifs is 3. The fourth-order valence-corrected chi connectivity index (χ4v) is 5.58. The number of thiophene rings is 1. The average Bonchev–Trinajstić information content (AvgIpc) is 3.11. The zero-order valence-corrected chi connectivity index (χ0v) is 18.8. The van der Waals surface area contributed by atoms with Gasteiger partial charge in [0.1, 0.15) is 6.04 Å². The molecule has 1 amide bonds. The number of nitrogens with one attached hydrogen (secondary N) is 1. The van der Waals surface area contributed by atoms with E-state index in [1.165, 1.54) is 9.56 Å². The third-order valence-electron chi connectivity index (χ3n) is 6.14. The molecule has 4 rings (SSSR count). The number of aryl methyl sites for hydroxylation is 3. The predicted octanol–water partition coefficient (Wildman–Crippen LogP) is 4.30. The molecular formula is C23H28N4O2S. The van der Waals surface area contributed by atoms with E-state index in [-0.39, 0.29) is 11.5 Å². The van der Waals surface area contributed by atoms with Crippen LogP contribution in [0, 0.1) is 5.92 Å². The van der Waals surface area contributed by atoms with E-state index >= 15 is 0 Å². The summed E-state index contributed by atoms with van der Waals surface area (Å²) in [5, 5.41) is 12.1. The standard InChI is InChI=1S/C23H28N4O2S/c1-5-15-8-7-9-16(6-2)20(15)24-21(28)14(4)27-23(29)19-17-11-10-13(3)12-18(17)30-22(19)25-26-27/h7-9,13-14H,5-6,10-12H2,1-4H3,(H,24,28)/t13-,14-/m1/s1. The first-order chi connectivity index (χ1) is 14.4. The molecule has 0 radical (unpaired) electrons. The second kappa shape index (κ2) is 8.30. The third-order valence-corrected chi connectivity index (χ3v) is 7.28. The van der Waals surface area contributed by atoms with Crippen LogP contribution in [0.5, 0.6) is 0 Å². The van der Waals surface area contributed by atoms with Crippen molar-refractivity contribution in [3.05, 3.63) is 50.1 Å². The maximum absolute atomic E-state index is 13.3. The topological polar surface area (TPSA) is 76.9 Å². The minimum absolute atomic E-state index is 0.214. The summed E-state index contributed by atoms with van der Waals surface area (Å²) in [5.41, 5.74) is 3.92. The van der Waals surface area contributed by atoms with E-state index in [0.29, 0.717) is 16.1 Å². The summed E-state index contributed by atoms with van der Waals surface area (Å²) in [5.74, 6) is 0.371. The van der Waals surface area contributed by atoms with Crippen LogP contribution in [0.4, 0.5) is 5.69 Å². The van der Waals surface area contributed by atoms with Crippen LogP contribution >= 0.6 is 11.3 Å². The second-order valence-electron chi connectivity index (χ2n) is 8.19. The highest BCUT2D eigenvalue weighted by atomic mass is 32.1. The van der Waals surface area contributed by atoms with Gasteiger partial charge >= 0.3 is 0 Å². The quantitative estimate of drug-likeness (QED) is 0.662. The Bertz CT molecular complexity index is 1140. The number of para-hydroxylation sites is 1. The fraction of sp³-hybridized carbons (Fsp3) is 0.478. The number of anilines is 1. The number of benzene rings is 1. The highest BCUT2D eigenvalue weighted by Crippen LogP contribution is 2.35. The van der Waals surface area contributed by atoms with Gasteiger partial charge in [-0.25, -0.2) is 0 Å². The first-order valence-electron chi connectivity index (χ1n) is 10.8. The van der Waals surface area contributed by atoms with E-state index in [9.17, 15) is 9.59 Å². The van der Waals surface area contributed by atoms with E-state index in [4.69, 9.17) is 0 Å². The van der Waals surface area contributed by atoms with Crippen molar-refractivity contribution in [2.24, 2.45) is 5.92 Å². The van der Waals surface area contributed by atoms with Crippen LogP contribution in [0.1, 0.15) is 61.7 Å². The Hall–Kier alpha value is -2.54. The molecule has 30 heavy (non-hydrogen) atoms. The molecule has 2 aromatic heterocycles. The summed E-state index contributed by atoms with van der Waals surface area (Å²) in [4.78, 5) is 28.3. The third kappa shape index (κ3) is 3.55. The number of amides is 1. The molecule has 0 bridgehead atoms. The predicted molar refractivity (Wildman–Crippen MR) is 121 cm³/mol. The van der Waals surface area contributed by atoms with Crippen LogP contribution in [0.15, 0.2) is 23.0 Å². The van der Waals surface area contributed by atoms with Gasteiger partial charge in [-0.05, 0) is 61.6 Å². The Kier molecular flexibility index (Phi) is 5.73. The zero-order chi connectivity index (χ0) is 21.4. The number of rotatable bonds is 5. The van der Waals surface area contributed by atoms with Gasteiger partial charge in [0.2, 0.25) is 5.91 Å². The zero-order valence-electron chi connectivity index (χ0n) is 18.0. The molecule has 3 aromatic rings. The van der Waals surface area contributed by atoms with Crippen molar-refractivity contribution >= 4 is 33.1 Å². The Labute approximate surface area is 180 Å². The molecule has 0 spiro atoms. The van der Waals surface area contributed by atoms with Crippen molar-refractivity contribution in [3.8, 4) is 0 Å². The van der Waals surface area contributed by atoms with Gasteiger partial charge in [0.25, 0.3) is 5.56 Å². The SMILES string of the molecule is CCc1cccc(CC)c1NC(=O)[C@@H](C)n1nnc2sc3c(c2c1=O)CC[C@@H](C)C3. The summed E-state index contributed by atoms with van der Waals surface area (Å²) in [7, 11) is 0. The lowest BCUT2D eigenvalue weighted by Gasteiger charge is -2.18. The Balaban J connectivity index is 1.69. The van der Waals surface area contributed by atoms with Crippen LogP contribution in [-0.2, 0) is 30.5 Å². The van der Waals surface area contributed by atoms with Crippen molar-refractivity contribution in [1.82, 2.24) is 15.0 Å². The molecule has 7 heteroatoms.